The third-order valence-corrected chi connectivity index (χ3v) is 4.23. The highest BCUT2D eigenvalue weighted by molar-refractivity contribution is 5.95. The van der Waals surface area contributed by atoms with Gasteiger partial charge in [-0.05, 0) is 36.4 Å². The largest absolute Gasteiger partial charge is 0.492 e. The van der Waals surface area contributed by atoms with Gasteiger partial charge in [0.15, 0.2) is 0 Å². The van der Waals surface area contributed by atoms with Crippen LogP contribution in [0.2, 0.25) is 0 Å². The Morgan fingerprint density at radius 3 is 2.84 bits per heavy atom. The van der Waals surface area contributed by atoms with Crippen molar-refractivity contribution < 1.29 is 9.53 Å². The van der Waals surface area contributed by atoms with Gasteiger partial charge in [0.25, 0.3) is 5.91 Å². The molecule has 0 saturated carbocycles. The molecule has 6 nitrogen and oxygen atoms in total. The van der Waals surface area contributed by atoms with Crippen molar-refractivity contribution in [1.82, 2.24) is 19.7 Å². The van der Waals surface area contributed by atoms with Gasteiger partial charge >= 0.3 is 0 Å². The van der Waals surface area contributed by atoms with Gasteiger partial charge in [0.1, 0.15) is 5.75 Å². The van der Waals surface area contributed by atoms with Crippen LogP contribution in [-0.4, -0.2) is 45.3 Å². The number of rotatable bonds is 5. The van der Waals surface area contributed by atoms with Crippen LogP contribution in [0.15, 0.2) is 67.3 Å². The second kappa shape index (κ2) is 6.76. The molecule has 2 aromatic heterocycles. The van der Waals surface area contributed by atoms with Crippen molar-refractivity contribution in [1.29, 1.82) is 0 Å². The normalized spacial score (nSPS) is 14.2. The molecule has 1 aliphatic heterocycles. The highest BCUT2D eigenvalue weighted by atomic mass is 16.5. The minimum absolute atomic E-state index is 0.0478. The SMILES string of the molecule is O=C(c1cccc(-n2cccn2)c1)N1CC(COc2cccnc2)C1. The van der Waals surface area contributed by atoms with Crippen molar-refractivity contribution >= 4 is 5.91 Å². The zero-order valence-electron chi connectivity index (χ0n) is 13.7. The Balaban J connectivity index is 1.33. The molecule has 1 fully saturated rings. The first kappa shape index (κ1) is 15.4. The van der Waals surface area contributed by atoms with Gasteiger partial charge in [-0.2, -0.15) is 5.10 Å². The molecule has 25 heavy (non-hydrogen) atoms. The molecule has 1 amide bonds. The van der Waals surface area contributed by atoms with E-state index in [4.69, 9.17) is 4.74 Å². The summed E-state index contributed by atoms with van der Waals surface area (Å²) in [5.41, 5.74) is 1.56. The maximum atomic E-state index is 12.6. The lowest BCUT2D eigenvalue weighted by molar-refractivity contribution is 0.0393. The van der Waals surface area contributed by atoms with Gasteiger partial charge in [0, 0.05) is 43.2 Å². The number of ether oxygens (including phenoxy) is 1. The molecule has 1 aliphatic rings. The Labute approximate surface area is 145 Å². The van der Waals surface area contributed by atoms with Gasteiger partial charge in [-0.3, -0.25) is 9.78 Å². The van der Waals surface area contributed by atoms with E-state index in [1.165, 1.54) is 0 Å². The minimum Gasteiger partial charge on any atom is -0.492 e. The summed E-state index contributed by atoms with van der Waals surface area (Å²) >= 11 is 0. The number of likely N-dealkylation sites (tertiary alicyclic amines) is 1. The molecule has 0 spiro atoms. The molecule has 1 saturated heterocycles. The summed E-state index contributed by atoms with van der Waals surface area (Å²) in [7, 11) is 0. The fourth-order valence-electron chi connectivity index (χ4n) is 2.87. The summed E-state index contributed by atoms with van der Waals surface area (Å²) in [5.74, 6) is 1.17. The van der Waals surface area contributed by atoms with E-state index >= 15 is 0 Å². The molecule has 126 valence electrons. The first-order chi connectivity index (χ1) is 12.3. The van der Waals surface area contributed by atoms with Crippen LogP contribution < -0.4 is 4.74 Å². The van der Waals surface area contributed by atoms with Gasteiger partial charge in [-0.15, -0.1) is 0 Å². The Bertz CT molecular complexity index is 843. The molecule has 0 N–H and O–H groups in total. The van der Waals surface area contributed by atoms with E-state index in [-0.39, 0.29) is 5.91 Å². The van der Waals surface area contributed by atoms with Gasteiger partial charge < -0.3 is 9.64 Å². The van der Waals surface area contributed by atoms with Crippen LogP contribution in [0.3, 0.4) is 0 Å². The Morgan fingerprint density at radius 1 is 1.16 bits per heavy atom. The summed E-state index contributed by atoms with van der Waals surface area (Å²) < 4.78 is 7.45. The number of hydrogen-bond acceptors (Lipinski definition) is 4. The highest BCUT2D eigenvalue weighted by Crippen LogP contribution is 2.21. The second-order valence-corrected chi connectivity index (χ2v) is 6.08. The van der Waals surface area contributed by atoms with Crippen molar-refractivity contribution in [2.75, 3.05) is 19.7 Å². The molecule has 6 heteroatoms. The lowest BCUT2D eigenvalue weighted by atomic mass is 9.99. The van der Waals surface area contributed by atoms with Crippen molar-refractivity contribution in [2.24, 2.45) is 5.92 Å². The first-order valence-electron chi connectivity index (χ1n) is 8.22. The topological polar surface area (TPSA) is 60.2 Å². The van der Waals surface area contributed by atoms with Gasteiger partial charge in [-0.25, -0.2) is 4.68 Å². The van der Waals surface area contributed by atoms with Gasteiger partial charge in [-0.1, -0.05) is 6.07 Å². The summed E-state index contributed by atoms with van der Waals surface area (Å²) in [6, 6.07) is 13.1. The number of carbonyl (C=O) groups is 1. The van der Waals surface area contributed by atoms with Crippen LogP contribution in [0.4, 0.5) is 0 Å². The standard InChI is InChI=1S/C19H18N4O2/c24-19(16-4-1-5-17(10-16)23-9-3-8-21-23)22-12-15(13-22)14-25-18-6-2-7-20-11-18/h1-11,15H,12-14H2. The van der Waals surface area contributed by atoms with Crippen LogP contribution in [0, 0.1) is 5.92 Å². The average molecular weight is 334 g/mol. The number of hydrogen-bond donors (Lipinski definition) is 0. The van der Waals surface area contributed by atoms with E-state index in [1.54, 1.807) is 23.3 Å². The molecule has 0 atom stereocenters. The summed E-state index contributed by atoms with van der Waals surface area (Å²) in [5, 5.41) is 4.20. The Kier molecular flexibility index (Phi) is 4.16. The van der Waals surface area contributed by atoms with Crippen LogP contribution in [0.5, 0.6) is 5.75 Å². The number of carbonyl (C=O) groups excluding carboxylic acids is 1. The van der Waals surface area contributed by atoms with E-state index in [9.17, 15) is 4.79 Å². The zero-order valence-corrected chi connectivity index (χ0v) is 13.7. The predicted octanol–water partition coefficient (Wildman–Crippen LogP) is 2.42. The molecule has 0 bridgehead atoms. The molecule has 0 aliphatic carbocycles. The Morgan fingerprint density at radius 2 is 2.08 bits per heavy atom. The van der Waals surface area contributed by atoms with Crippen LogP contribution in [-0.2, 0) is 0 Å². The lowest BCUT2D eigenvalue weighted by Crippen LogP contribution is -2.52. The van der Waals surface area contributed by atoms with Crippen LogP contribution >= 0.6 is 0 Å². The van der Waals surface area contributed by atoms with E-state index in [2.05, 4.69) is 10.1 Å². The molecule has 3 heterocycles. The van der Waals surface area contributed by atoms with Crippen molar-refractivity contribution in [2.45, 2.75) is 0 Å². The number of aromatic nitrogens is 3. The average Bonchev–Trinajstić information content (AvgIpc) is 3.16. The minimum atomic E-state index is 0.0478. The highest BCUT2D eigenvalue weighted by Gasteiger charge is 2.31. The third kappa shape index (κ3) is 3.38. The quantitative estimate of drug-likeness (QED) is 0.719. The lowest BCUT2D eigenvalue weighted by Gasteiger charge is -2.39. The number of amides is 1. The fourth-order valence-corrected chi connectivity index (χ4v) is 2.87. The smallest absolute Gasteiger partial charge is 0.253 e. The number of pyridine rings is 1. The van der Waals surface area contributed by atoms with Crippen LogP contribution in [0.25, 0.3) is 5.69 Å². The summed E-state index contributed by atoms with van der Waals surface area (Å²) in [6.45, 7) is 2.03. The predicted molar refractivity (Wildman–Crippen MR) is 92.7 cm³/mol. The van der Waals surface area contributed by atoms with E-state index in [1.807, 2.05) is 53.6 Å². The molecular weight excluding hydrogens is 316 g/mol. The fraction of sp³-hybridized carbons (Fsp3) is 0.211. The maximum absolute atomic E-state index is 12.6. The molecule has 0 unspecified atom stereocenters. The van der Waals surface area contributed by atoms with Crippen molar-refractivity contribution in [3.8, 4) is 11.4 Å². The van der Waals surface area contributed by atoms with E-state index < -0.39 is 0 Å². The van der Waals surface area contributed by atoms with E-state index in [0.29, 0.717) is 31.2 Å². The molecule has 1 aromatic carbocycles. The van der Waals surface area contributed by atoms with Gasteiger partial charge in [0.05, 0.1) is 18.5 Å². The van der Waals surface area contributed by atoms with Gasteiger partial charge in [0.2, 0.25) is 0 Å². The van der Waals surface area contributed by atoms with Crippen molar-refractivity contribution in [3.05, 3.63) is 72.8 Å². The first-order valence-corrected chi connectivity index (χ1v) is 8.22. The summed E-state index contributed by atoms with van der Waals surface area (Å²) in [6.07, 6.45) is 6.99. The maximum Gasteiger partial charge on any atom is 0.253 e. The van der Waals surface area contributed by atoms with E-state index in [0.717, 1.165) is 11.4 Å². The summed E-state index contributed by atoms with van der Waals surface area (Å²) in [4.78, 5) is 18.5. The molecule has 0 radical (unpaired) electrons. The number of benzene rings is 1. The third-order valence-electron chi connectivity index (χ3n) is 4.23. The number of nitrogens with zero attached hydrogens (tertiary/aromatic N) is 4. The van der Waals surface area contributed by atoms with Crippen LogP contribution in [0.1, 0.15) is 10.4 Å². The zero-order chi connectivity index (χ0) is 17.1. The monoisotopic (exact) mass is 334 g/mol. The molecule has 3 aromatic rings. The van der Waals surface area contributed by atoms with Crippen molar-refractivity contribution in [3.63, 3.8) is 0 Å². The molecular formula is C19H18N4O2. The second-order valence-electron chi connectivity index (χ2n) is 6.08. The molecule has 4 rings (SSSR count). The Hall–Kier alpha value is -3.15.